The third-order valence-electron chi connectivity index (χ3n) is 3.57. The Morgan fingerprint density at radius 2 is 2.00 bits per heavy atom. The lowest BCUT2D eigenvalue weighted by molar-refractivity contribution is 0.526. The molecule has 1 unspecified atom stereocenters. The second-order valence-electron chi connectivity index (χ2n) is 5.01. The Morgan fingerprint density at radius 3 is 2.58 bits per heavy atom. The van der Waals surface area contributed by atoms with E-state index < -0.39 is 0 Å². The highest BCUT2D eigenvalue weighted by Crippen LogP contribution is 2.21. The van der Waals surface area contributed by atoms with E-state index in [2.05, 4.69) is 54.6 Å². The van der Waals surface area contributed by atoms with Crippen LogP contribution in [0.4, 0.5) is 0 Å². The minimum absolute atomic E-state index is 0.344. The van der Waals surface area contributed by atoms with Crippen LogP contribution in [0.5, 0.6) is 0 Å². The first-order chi connectivity index (χ1) is 9.22. The molecule has 0 amide bonds. The van der Waals surface area contributed by atoms with Crippen molar-refractivity contribution in [1.29, 1.82) is 0 Å². The molecule has 102 valence electrons. The predicted molar refractivity (Wildman–Crippen MR) is 79.1 cm³/mol. The first-order valence-corrected chi connectivity index (χ1v) is 6.98. The molecule has 3 nitrogen and oxygen atoms in total. The van der Waals surface area contributed by atoms with Crippen LogP contribution in [0.15, 0.2) is 36.5 Å². The number of nitrogens with zero attached hydrogens (tertiary/aromatic N) is 2. The fourth-order valence-corrected chi connectivity index (χ4v) is 2.32. The van der Waals surface area contributed by atoms with Crippen LogP contribution in [0.25, 0.3) is 0 Å². The maximum absolute atomic E-state index is 4.36. The number of nitrogens with one attached hydrogen (secondary N) is 1. The fourth-order valence-electron chi connectivity index (χ4n) is 2.32. The topological polar surface area (TPSA) is 29.9 Å². The first-order valence-electron chi connectivity index (χ1n) is 6.98. The number of aromatic nitrogens is 2. The largest absolute Gasteiger partial charge is 0.310 e. The molecule has 0 bridgehead atoms. The Bertz CT molecular complexity index is 502. The molecule has 0 radical (unpaired) electrons. The van der Waals surface area contributed by atoms with Crippen LogP contribution < -0.4 is 5.32 Å². The zero-order valence-corrected chi connectivity index (χ0v) is 12.1. The van der Waals surface area contributed by atoms with Gasteiger partial charge in [0, 0.05) is 24.3 Å². The summed E-state index contributed by atoms with van der Waals surface area (Å²) >= 11 is 0. The second kappa shape index (κ2) is 6.53. The molecule has 3 heteroatoms. The molecule has 1 aromatic carbocycles. The van der Waals surface area contributed by atoms with E-state index in [4.69, 9.17) is 0 Å². The summed E-state index contributed by atoms with van der Waals surface area (Å²) in [6.45, 7) is 5.36. The predicted octanol–water partition coefficient (Wildman–Crippen LogP) is 3.01. The maximum Gasteiger partial charge on any atom is 0.0540 e. The van der Waals surface area contributed by atoms with Crippen LogP contribution in [0.3, 0.4) is 0 Å². The molecule has 1 N–H and O–H groups in total. The lowest BCUT2D eigenvalue weighted by Crippen LogP contribution is -2.24. The molecule has 1 heterocycles. The SMILES string of the molecule is CCCNC(Cc1ccccc1)c1cnn(C)c1C. The van der Waals surface area contributed by atoms with E-state index in [1.54, 1.807) is 0 Å². The van der Waals surface area contributed by atoms with E-state index >= 15 is 0 Å². The van der Waals surface area contributed by atoms with Gasteiger partial charge in [-0.25, -0.2) is 0 Å². The van der Waals surface area contributed by atoms with Crippen molar-refractivity contribution in [2.24, 2.45) is 7.05 Å². The third kappa shape index (κ3) is 3.44. The number of rotatable bonds is 6. The van der Waals surface area contributed by atoms with Gasteiger partial charge >= 0.3 is 0 Å². The summed E-state index contributed by atoms with van der Waals surface area (Å²) in [5, 5.41) is 8.00. The standard InChI is InChI=1S/C16H23N3/c1-4-10-17-16(11-14-8-6-5-7-9-14)15-12-18-19(3)13(15)2/h5-9,12,16-17H,4,10-11H2,1-3H3. The van der Waals surface area contributed by atoms with Gasteiger partial charge in [0.2, 0.25) is 0 Å². The summed E-state index contributed by atoms with van der Waals surface area (Å²) < 4.78 is 1.95. The van der Waals surface area contributed by atoms with Gasteiger partial charge in [-0.15, -0.1) is 0 Å². The third-order valence-corrected chi connectivity index (χ3v) is 3.57. The Hall–Kier alpha value is -1.61. The fraction of sp³-hybridized carbons (Fsp3) is 0.438. The van der Waals surface area contributed by atoms with E-state index in [1.807, 2.05) is 17.9 Å². The number of hydrogen-bond donors (Lipinski definition) is 1. The zero-order valence-electron chi connectivity index (χ0n) is 12.1. The number of aryl methyl sites for hydroxylation is 1. The Morgan fingerprint density at radius 1 is 1.26 bits per heavy atom. The summed E-state index contributed by atoms with van der Waals surface area (Å²) in [7, 11) is 2.00. The van der Waals surface area contributed by atoms with Crippen molar-refractivity contribution in [2.45, 2.75) is 32.7 Å². The highest BCUT2D eigenvalue weighted by molar-refractivity contribution is 5.25. The van der Waals surface area contributed by atoms with Crippen molar-refractivity contribution in [3.8, 4) is 0 Å². The van der Waals surface area contributed by atoms with Crippen LogP contribution in [0.2, 0.25) is 0 Å². The second-order valence-corrected chi connectivity index (χ2v) is 5.01. The minimum Gasteiger partial charge on any atom is -0.310 e. The summed E-state index contributed by atoms with van der Waals surface area (Å²) in [6, 6.07) is 11.0. The number of benzene rings is 1. The Kier molecular flexibility index (Phi) is 4.74. The average Bonchev–Trinajstić information content (AvgIpc) is 2.76. The minimum atomic E-state index is 0.344. The summed E-state index contributed by atoms with van der Waals surface area (Å²) in [5.41, 5.74) is 3.91. The molecule has 0 spiro atoms. The van der Waals surface area contributed by atoms with Crippen LogP contribution >= 0.6 is 0 Å². The lowest BCUT2D eigenvalue weighted by Gasteiger charge is -2.18. The Labute approximate surface area is 115 Å². The molecule has 0 saturated carbocycles. The molecular formula is C16H23N3. The van der Waals surface area contributed by atoms with Gasteiger partial charge < -0.3 is 5.32 Å². The molecule has 0 fully saturated rings. The van der Waals surface area contributed by atoms with Gasteiger partial charge in [0.05, 0.1) is 6.20 Å². The average molecular weight is 257 g/mol. The van der Waals surface area contributed by atoms with Gasteiger partial charge in [0.15, 0.2) is 0 Å². The van der Waals surface area contributed by atoms with Crippen molar-refractivity contribution in [3.05, 3.63) is 53.3 Å². The number of hydrogen-bond acceptors (Lipinski definition) is 2. The highest BCUT2D eigenvalue weighted by atomic mass is 15.3. The molecule has 19 heavy (non-hydrogen) atoms. The normalized spacial score (nSPS) is 12.6. The molecule has 2 rings (SSSR count). The monoisotopic (exact) mass is 257 g/mol. The summed E-state index contributed by atoms with van der Waals surface area (Å²) in [4.78, 5) is 0. The summed E-state index contributed by atoms with van der Waals surface area (Å²) in [5.74, 6) is 0. The van der Waals surface area contributed by atoms with E-state index in [-0.39, 0.29) is 0 Å². The van der Waals surface area contributed by atoms with E-state index in [0.717, 1.165) is 19.4 Å². The molecule has 1 atom stereocenters. The van der Waals surface area contributed by atoms with Gasteiger partial charge in [-0.3, -0.25) is 4.68 Å². The smallest absolute Gasteiger partial charge is 0.0540 e. The molecule has 0 aliphatic carbocycles. The lowest BCUT2D eigenvalue weighted by atomic mass is 9.99. The van der Waals surface area contributed by atoms with Gasteiger partial charge in [0.25, 0.3) is 0 Å². The van der Waals surface area contributed by atoms with Crippen molar-refractivity contribution in [1.82, 2.24) is 15.1 Å². The highest BCUT2D eigenvalue weighted by Gasteiger charge is 2.16. The molecule has 0 aliphatic heterocycles. The van der Waals surface area contributed by atoms with Gasteiger partial charge in [-0.1, -0.05) is 37.3 Å². The van der Waals surface area contributed by atoms with E-state index in [9.17, 15) is 0 Å². The van der Waals surface area contributed by atoms with Crippen molar-refractivity contribution in [3.63, 3.8) is 0 Å². The van der Waals surface area contributed by atoms with Crippen molar-refractivity contribution >= 4 is 0 Å². The first kappa shape index (κ1) is 13.8. The molecule has 1 aromatic heterocycles. The van der Waals surface area contributed by atoms with Crippen LogP contribution in [0.1, 0.15) is 36.2 Å². The zero-order chi connectivity index (χ0) is 13.7. The van der Waals surface area contributed by atoms with Crippen molar-refractivity contribution < 1.29 is 0 Å². The quantitative estimate of drug-likeness (QED) is 0.862. The van der Waals surface area contributed by atoms with Crippen LogP contribution in [-0.2, 0) is 13.5 Å². The molecule has 2 aromatic rings. The van der Waals surface area contributed by atoms with Gasteiger partial charge in [0.1, 0.15) is 0 Å². The van der Waals surface area contributed by atoms with Crippen LogP contribution in [-0.4, -0.2) is 16.3 Å². The summed E-state index contributed by atoms with van der Waals surface area (Å²) in [6.07, 6.45) is 4.14. The van der Waals surface area contributed by atoms with E-state index in [0.29, 0.717) is 6.04 Å². The van der Waals surface area contributed by atoms with Gasteiger partial charge in [-0.2, -0.15) is 5.10 Å². The molecule has 0 aliphatic rings. The van der Waals surface area contributed by atoms with E-state index in [1.165, 1.54) is 16.8 Å². The maximum atomic E-state index is 4.36. The Balaban J connectivity index is 2.18. The molecule has 0 saturated heterocycles. The van der Waals surface area contributed by atoms with Gasteiger partial charge in [-0.05, 0) is 31.9 Å². The molecular weight excluding hydrogens is 234 g/mol. The van der Waals surface area contributed by atoms with Crippen LogP contribution in [0, 0.1) is 6.92 Å². The van der Waals surface area contributed by atoms with Crippen molar-refractivity contribution in [2.75, 3.05) is 6.54 Å².